The highest BCUT2D eigenvalue weighted by atomic mass is 32.2. The van der Waals surface area contributed by atoms with Crippen molar-refractivity contribution < 1.29 is 18.0 Å². The molecule has 1 aromatic heterocycles. The van der Waals surface area contributed by atoms with Gasteiger partial charge < -0.3 is 4.57 Å². The summed E-state index contributed by atoms with van der Waals surface area (Å²) < 4.78 is 24.9. The lowest BCUT2D eigenvalue weighted by Gasteiger charge is -2.11. The van der Waals surface area contributed by atoms with Crippen molar-refractivity contribution in [3.05, 3.63) is 53.3 Å². The summed E-state index contributed by atoms with van der Waals surface area (Å²) in [6, 6.07) is 11.5. The number of aromatic nitrogens is 1. The Morgan fingerprint density at radius 2 is 1.89 bits per heavy atom. The van der Waals surface area contributed by atoms with Crippen molar-refractivity contribution in [2.24, 2.45) is 0 Å². The van der Waals surface area contributed by atoms with Crippen LogP contribution in [0.2, 0.25) is 0 Å². The standard InChI is InChI=1S/C19H23N3O4S2/c1-13-10-17(14(2)22(13)15-6-4-3-5-7-15)19(24)21-20-18(23)11-27-16-8-9-28(25,26)12-16/h3-7,10,16H,8-9,11-12H2,1-2H3,(H,20,23)(H,21,24). The molecule has 2 N–H and O–H groups in total. The smallest absolute Gasteiger partial charge is 0.271 e. The van der Waals surface area contributed by atoms with Gasteiger partial charge >= 0.3 is 0 Å². The Kier molecular flexibility index (Phi) is 6.14. The van der Waals surface area contributed by atoms with Crippen LogP contribution in [0.25, 0.3) is 5.69 Å². The summed E-state index contributed by atoms with van der Waals surface area (Å²) in [5.41, 5.74) is 7.98. The Morgan fingerprint density at radius 3 is 2.54 bits per heavy atom. The lowest BCUT2D eigenvalue weighted by molar-refractivity contribution is -0.119. The van der Waals surface area contributed by atoms with Crippen LogP contribution >= 0.6 is 11.8 Å². The molecule has 0 bridgehead atoms. The molecule has 0 spiro atoms. The SMILES string of the molecule is Cc1cc(C(=O)NNC(=O)CSC2CCS(=O)(=O)C2)c(C)n1-c1ccccc1. The second-order valence-electron chi connectivity index (χ2n) is 6.79. The molecule has 150 valence electrons. The first-order chi connectivity index (χ1) is 13.3. The van der Waals surface area contributed by atoms with Crippen molar-refractivity contribution >= 4 is 33.4 Å². The molecule has 3 rings (SSSR count). The Balaban J connectivity index is 1.56. The molecule has 0 saturated carbocycles. The topological polar surface area (TPSA) is 97.3 Å². The Morgan fingerprint density at radius 1 is 1.18 bits per heavy atom. The van der Waals surface area contributed by atoms with E-state index in [1.807, 2.05) is 48.7 Å². The van der Waals surface area contributed by atoms with Crippen molar-refractivity contribution in [3.63, 3.8) is 0 Å². The number of carbonyl (C=O) groups excluding carboxylic acids is 2. The maximum Gasteiger partial charge on any atom is 0.271 e. The van der Waals surface area contributed by atoms with E-state index >= 15 is 0 Å². The zero-order chi connectivity index (χ0) is 20.3. The molecule has 0 aliphatic carbocycles. The van der Waals surface area contributed by atoms with E-state index in [2.05, 4.69) is 10.9 Å². The van der Waals surface area contributed by atoms with Crippen molar-refractivity contribution in [2.75, 3.05) is 17.3 Å². The molecular formula is C19H23N3O4S2. The van der Waals surface area contributed by atoms with E-state index < -0.39 is 15.7 Å². The minimum absolute atomic E-state index is 0.0590. The number of carbonyl (C=O) groups is 2. The van der Waals surface area contributed by atoms with E-state index in [1.165, 1.54) is 11.8 Å². The first kappa shape index (κ1) is 20.5. The number of thioether (sulfide) groups is 1. The van der Waals surface area contributed by atoms with Crippen LogP contribution in [0.5, 0.6) is 0 Å². The van der Waals surface area contributed by atoms with Crippen molar-refractivity contribution in [3.8, 4) is 5.69 Å². The van der Waals surface area contributed by atoms with Gasteiger partial charge in [0, 0.05) is 22.3 Å². The first-order valence-corrected chi connectivity index (χ1v) is 11.8. The molecular weight excluding hydrogens is 398 g/mol. The Bertz CT molecular complexity index is 984. The lowest BCUT2D eigenvalue weighted by atomic mass is 10.2. The van der Waals surface area contributed by atoms with Crippen LogP contribution in [0.3, 0.4) is 0 Å². The molecule has 2 aromatic rings. The number of hydrogen-bond acceptors (Lipinski definition) is 5. The highest BCUT2D eigenvalue weighted by molar-refractivity contribution is 8.02. The molecule has 28 heavy (non-hydrogen) atoms. The summed E-state index contributed by atoms with van der Waals surface area (Å²) in [7, 11) is -2.96. The third-order valence-corrected chi connectivity index (χ3v) is 7.93. The molecule has 0 radical (unpaired) electrons. The quantitative estimate of drug-likeness (QED) is 0.717. The van der Waals surface area contributed by atoms with E-state index in [1.54, 1.807) is 6.07 Å². The maximum atomic E-state index is 12.5. The predicted octanol–water partition coefficient (Wildman–Crippen LogP) is 1.78. The number of hydrazine groups is 1. The number of aryl methyl sites for hydroxylation is 1. The fourth-order valence-electron chi connectivity index (χ4n) is 3.28. The van der Waals surface area contributed by atoms with E-state index in [9.17, 15) is 18.0 Å². The summed E-state index contributed by atoms with van der Waals surface area (Å²) in [6.45, 7) is 3.77. The average Bonchev–Trinajstić information content (AvgIpc) is 3.16. The minimum Gasteiger partial charge on any atom is -0.318 e. The van der Waals surface area contributed by atoms with E-state index in [0.29, 0.717) is 12.0 Å². The molecule has 9 heteroatoms. The molecule has 2 amide bonds. The number of hydrogen-bond donors (Lipinski definition) is 2. The van der Waals surface area contributed by atoms with E-state index in [4.69, 9.17) is 0 Å². The summed E-state index contributed by atoms with van der Waals surface area (Å²) >= 11 is 1.30. The summed E-state index contributed by atoms with van der Waals surface area (Å²) in [5.74, 6) is -0.358. The molecule has 1 atom stereocenters. The summed E-state index contributed by atoms with van der Waals surface area (Å²) in [6.07, 6.45) is 0.568. The second-order valence-corrected chi connectivity index (χ2v) is 10.3. The van der Waals surface area contributed by atoms with Gasteiger partial charge in [-0.05, 0) is 38.5 Å². The van der Waals surface area contributed by atoms with Crippen LogP contribution in [0.15, 0.2) is 36.4 Å². The molecule has 7 nitrogen and oxygen atoms in total. The van der Waals surface area contributed by atoms with Gasteiger partial charge in [-0.3, -0.25) is 20.4 Å². The van der Waals surface area contributed by atoms with Crippen LogP contribution in [-0.2, 0) is 14.6 Å². The van der Waals surface area contributed by atoms with Gasteiger partial charge in [0.15, 0.2) is 9.84 Å². The first-order valence-electron chi connectivity index (χ1n) is 8.92. The molecule has 1 aromatic carbocycles. The van der Waals surface area contributed by atoms with Gasteiger partial charge in [0.2, 0.25) is 5.91 Å². The van der Waals surface area contributed by atoms with Gasteiger partial charge in [0.05, 0.1) is 22.8 Å². The number of para-hydroxylation sites is 1. The normalized spacial score (nSPS) is 18.0. The second kappa shape index (κ2) is 8.40. The van der Waals surface area contributed by atoms with Gasteiger partial charge in [0.25, 0.3) is 5.91 Å². The number of rotatable bonds is 5. The van der Waals surface area contributed by atoms with Gasteiger partial charge in [-0.25, -0.2) is 8.42 Å². The Labute approximate surface area is 168 Å². The van der Waals surface area contributed by atoms with Crippen LogP contribution < -0.4 is 10.9 Å². The van der Waals surface area contributed by atoms with Crippen LogP contribution in [0, 0.1) is 13.8 Å². The molecule has 1 fully saturated rings. The van der Waals surface area contributed by atoms with Crippen LogP contribution in [0.1, 0.15) is 28.2 Å². The van der Waals surface area contributed by atoms with Crippen molar-refractivity contribution in [2.45, 2.75) is 25.5 Å². The van der Waals surface area contributed by atoms with Crippen molar-refractivity contribution in [1.29, 1.82) is 0 Å². The monoisotopic (exact) mass is 421 g/mol. The van der Waals surface area contributed by atoms with Gasteiger partial charge in [-0.15, -0.1) is 11.8 Å². The maximum absolute atomic E-state index is 12.5. The van der Waals surface area contributed by atoms with Crippen LogP contribution in [-0.4, -0.2) is 47.3 Å². The summed E-state index contributed by atoms with van der Waals surface area (Å²) in [4.78, 5) is 24.5. The van der Waals surface area contributed by atoms with E-state index in [0.717, 1.165) is 17.1 Å². The molecule has 2 heterocycles. The van der Waals surface area contributed by atoms with E-state index in [-0.39, 0.29) is 28.4 Å². The third kappa shape index (κ3) is 4.77. The van der Waals surface area contributed by atoms with Gasteiger partial charge in [-0.2, -0.15) is 0 Å². The third-order valence-electron chi connectivity index (χ3n) is 4.65. The fraction of sp³-hybridized carbons (Fsp3) is 0.368. The highest BCUT2D eigenvalue weighted by Crippen LogP contribution is 2.24. The Hall–Kier alpha value is -2.26. The number of sulfone groups is 1. The largest absolute Gasteiger partial charge is 0.318 e. The molecule has 1 saturated heterocycles. The zero-order valence-electron chi connectivity index (χ0n) is 15.8. The predicted molar refractivity (Wildman–Crippen MR) is 110 cm³/mol. The van der Waals surface area contributed by atoms with Gasteiger partial charge in [-0.1, -0.05) is 18.2 Å². The lowest BCUT2D eigenvalue weighted by Crippen LogP contribution is -2.42. The fourth-order valence-corrected chi connectivity index (χ4v) is 6.73. The van der Waals surface area contributed by atoms with Crippen molar-refractivity contribution in [1.82, 2.24) is 15.4 Å². The highest BCUT2D eigenvalue weighted by Gasteiger charge is 2.28. The summed E-state index contributed by atoms with van der Waals surface area (Å²) in [5, 5.41) is -0.0590. The number of benzene rings is 1. The number of nitrogens with zero attached hydrogens (tertiary/aromatic N) is 1. The number of nitrogens with one attached hydrogen (secondary N) is 2. The molecule has 1 aliphatic rings. The van der Waals surface area contributed by atoms with Crippen LogP contribution in [0.4, 0.5) is 0 Å². The minimum atomic E-state index is -2.96. The molecule has 1 aliphatic heterocycles. The van der Waals surface area contributed by atoms with Gasteiger partial charge in [0.1, 0.15) is 0 Å². The number of amides is 2. The molecule has 1 unspecified atom stereocenters. The average molecular weight is 422 g/mol. The zero-order valence-corrected chi connectivity index (χ0v) is 17.4.